The van der Waals surface area contributed by atoms with Gasteiger partial charge < -0.3 is 23.9 Å². The number of furan rings is 1. The van der Waals surface area contributed by atoms with Crippen molar-refractivity contribution in [2.75, 3.05) is 26.1 Å². The van der Waals surface area contributed by atoms with E-state index in [1.165, 1.54) is 12.0 Å². The molecule has 0 spiro atoms. The highest BCUT2D eigenvalue weighted by molar-refractivity contribution is 6.05. The SMILES string of the molecule is CCOc1cc2oc3c(c2cc1/C(C)=C/C(=O)Nc1ccc(OC)cc1OC)CCCC3. The van der Waals surface area contributed by atoms with Crippen LogP contribution in [0.2, 0.25) is 0 Å². The van der Waals surface area contributed by atoms with Gasteiger partial charge in [0.1, 0.15) is 28.6 Å². The minimum absolute atomic E-state index is 0.247. The molecule has 0 saturated heterocycles. The lowest BCUT2D eigenvalue weighted by atomic mass is 9.94. The number of nitrogens with one attached hydrogen (secondary N) is 1. The first-order valence-corrected chi connectivity index (χ1v) is 11.0. The number of methoxy groups -OCH3 is 2. The van der Waals surface area contributed by atoms with Gasteiger partial charge in [0, 0.05) is 41.1 Å². The van der Waals surface area contributed by atoms with Crippen molar-refractivity contribution >= 4 is 28.1 Å². The van der Waals surface area contributed by atoms with Crippen molar-refractivity contribution < 1.29 is 23.4 Å². The molecule has 0 aliphatic heterocycles. The van der Waals surface area contributed by atoms with Crippen molar-refractivity contribution in [2.24, 2.45) is 0 Å². The molecule has 1 aliphatic carbocycles. The molecule has 0 atom stereocenters. The van der Waals surface area contributed by atoms with E-state index in [4.69, 9.17) is 18.6 Å². The van der Waals surface area contributed by atoms with Crippen LogP contribution in [0.3, 0.4) is 0 Å². The summed E-state index contributed by atoms with van der Waals surface area (Å²) < 4.78 is 22.6. The summed E-state index contributed by atoms with van der Waals surface area (Å²) in [5.74, 6) is 2.74. The molecule has 1 aliphatic rings. The Balaban J connectivity index is 1.66. The number of allylic oxidation sites excluding steroid dienone is 1. The van der Waals surface area contributed by atoms with E-state index in [-0.39, 0.29) is 5.91 Å². The van der Waals surface area contributed by atoms with E-state index >= 15 is 0 Å². The Kier molecular flexibility index (Phi) is 6.40. The zero-order valence-electron chi connectivity index (χ0n) is 19.0. The first kappa shape index (κ1) is 21.8. The smallest absolute Gasteiger partial charge is 0.248 e. The van der Waals surface area contributed by atoms with Gasteiger partial charge >= 0.3 is 0 Å². The van der Waals surface area contributed by atoms with Gasteiger partial charge in [0.05, 0.1) is 26.5 Å². The Morgan fingerprint density at radius 1 is 1.09 bits per heavy atom. The average Bonchev–Trinajstić information content (AvgIpc) is 3.16. The first-order chi connectivity index (χ1) is 15.5. The Hall–Kier alpha value is -3.41. The second-order valence-corrected chi connectivity index (χ2v) is 7.87. The Morgan fingerprint density at radius 2 is 1.91 bits per heavy atom. The van der Waals surface area contributed by atoms with Crippen LogP contribution in [0.15, 0.2) is 40.8 Å². The maximum atomic E-state index is 12.8. The average molecular weight is 436 g/mol. The lowest BCUT2D eigenvalue weighted by Gasteiger charge is -2.13. The highest BCUT2D eigenvalue weighted by atomic mass is 16.5. The number of hydrogen-bond acceptors (Lipinski definition) is 5. The second-order valence-electron chi connectivity index (χ2n) is 7.87. The molecule has 2 aromatic carbocycles. The highest BCUT2D eigenvalue weighted by Crippen LogP contribution is 2.38. The maximum absolute atomic E-state index is 12.8. The molecule has 1 aromatic heterocycles. The van der Waals surface area contributed by atoms with Crippen LogP contribution in [-0.4, -0.2) is 26.7 Å². The first-order valence-electron chi connectivity index (χ1n) is 11.0. The van der Waals surface area contributed by atoms with Crippen LogP contribution in [0.25, 0.3) is 16.5 Å². The lowest BCUT2D eigenvalue weighted by molar-refractivity contribution is -0.111. The molecule has 168 valence electrons. The second kappa shape index (κ2) is 9.39. The molecule has 1 heterocycles. The third-order valence-electron chi connectivity index (χ3n) is 5.80. The van der Waals surface area contributed by atoms with Gasteiger partial charge in [0.15, 0.2) is 0 Å². The molecule has 4 rings (SSSR count). The predicted molar refractivity (Wildman–Crippen MR) is 126 cm³/mol. The largest absolute Gasteiger partial charge is 0.497 e. The summed E-state index contributed by atoms with van der Waals surface area (Å²) in [5.41, 5.74) is 4.42. The van der Waals surface area contributed by atoms with E-state index in [0.29, 0.717) is 23.8 Å². The Bertz CT molecular complexity index is 1170. The molecule has 3 aromatic rings. The lowest BCUT2D eigenvalue weighted by Crippen LogP contribution is -2.10. The number of fused-ring (bicyclic) bond motifs is 3. The monoisotopic (exact) mass is 435 g/mol. The Morgan fingerprint density at radius 3 is 2.66 bits per heavy atom. The highest BCUT2D eigenvalue weighted by Gasteiger charge is 2.20. The van der Waals surface area contributed by atoms with Gasteiger partial charge in [-0.1, -0.05) is 0 Å². The number of rotatable bonds is 7. The van der Waals surface area contributed by atoms with E-state index in [0.717, 1.165) is 52.9 Å². The van der Waals surface area contributed by atoms with Crippen LogP contribution in [0.1, 0.15) is 43.6 Å². The van der Waals surface area contributed by atoms with E-state index in [1.807, 2.05) is 19.9 Å². The normalized spacial score (nSPS) is 13.6. The van der Waals surface area contributed by atoms with Crippen LogP contribution in [0.5, 0.6) is 17.2 Å². The number of benzene rings is 2. The van der Waals surface area contributed by atoms with Gasteiger partial charge in [0.25, 0.3) is 0 Å². The molecule has 32 heavy (non-hydrogen) atoms. The summed E-state index contributed by atoms with van der Waals surface area (Å²) in [6.45, 7) is 4.39. The summed E-state index contributed by atoms with van der Waals surface area (Å²) in [7, 11) is 3.14. The molecule has 0 radical (unpaired) electrons. The number of amides is 1. The number of aryl methyl sites for hydroxylation is 2. The van der Waals surface area contributed by atoms with Crippen molar-refractivity contribution in [3.05, 3.63) is 53.3 Å². The molecule has 0 fully saturated rings. The molecule has 0 unspecified atom stereocenters. The van der Waals surface area contributed by atoms with E-state index in [2.05, 4.69) is 11.4 Å². The third kappa shape index (κ3) is 4.31. The van der Waals surface area contributed by atoms with E-state index < -0.39 is 0 Å². The Labute approximate surface area is 188 Å². The van der Waals surface area contributed by atoms with Crippen molar-refractivity contribution in [3.8, 4) is 17.2 Å². The number of carbonyl (C=O) groups excluding carboxylic acids is 1. The standard InChI is InChI=1S/C26H29NO5/c1-5-31-23-15-24-20(18-8-6-7-9-22(18)32-24)14-19(23)16(2)12-26(28)27-21-11-10-17(29-3)13-25(21)30-4/h10-15H,5-9H2,1-4H3,(H,27,28)/b16-12+. The molecule has 0 bridgehead atoms. The molecule has 6 nitrogen and oxygen atoms in total. The zero-order valence-corrected chi connectivity index (χ0v) is 19.0. The summed E-state index contributed by atoms with van der Waals surface area (Å²) in [6.07, 6.45) is 5.91. The van der Waals surface area contributed by atoms with Crippen LogP contribution in [0.4, 0.5) is 5.69 Å². The van der Waals surface area contributed by atoms with Gasteiger partial charge in [0.2, 0.25) is 5.91 Å². The quantitative estimate of drug-likeness (QED) is 0.477. The molecule has 6 heteroatoms. The van der Waals surface area contributed by atoms with Crippen molar-refractivity contribution in [1.82, 2.24) is 0 Å². The fourth-order valence-electron chi connectivity index (χ4n) is 4.22. The third-order valence-corrected chi connectivity index (χ3v) is 5.80. The molecule has 0 saturated carbocycles. The van der Waals surface area contributed by atoms with E-state index in [1.54, 1.807) is 38.5 Å². The minimum atomic E-state index is -0.247. The van der Waals surface area contributed by atoms with Crippen LogP contribution in [-0.2, 0) is 17.6 Å². The summed E-state index contributed by atoms with van der Waals surface area (Å²) >= 11 is 0. The molecular formula is C26H29NO5. The fraction of sp³-hybridized carbons (Fsp3) is 0.346. The summed E-state index contributed by atoms with van der Waals surface area (Å²) in [4.78, 5) is 12.8. The van der Waals surface area contributed by atoms with Crippen LogP contribution >= 0.6 is 0 Å². The maximum Gasteiger partial charge on any atom is 0.248 e. The number of carbonyl (C=O) groups is 1. The number of anilines is 1. The predicted octanol–water partition coefficient (Wildman–Crippen LogP) is 5.77. The zero-order chi connectivity index (χ0) is 22.7. The van der Waals surface area contributed by atoms with Gasteiger partial charge in [-0.05, 0) is 56.9 Å². The van der Waals surface area contributed by atoms with Crippen molar-refractivity contribution in [1.29, 1.82) is 0 Å². The van der Waals surface area contributed by atoms with Crippen LogP contribution < -0.4 is 19.5 Å². The summed E-state index contributed by atoms with van der Waals surface area (Å²) in [5, 5.41) is 4.01. The van der Waals surface area contributed by atoms with Gasteiger partial charge in [-0.3, -0.25) is 4.79 Å². The number of hydrogen-bond donors (Lipinski definition) is 1. The van der Waals surface area contributed by atoms with Crippen molar-refractivity contribution in [3.63, 3.8) is 0 Å². The fourth-order valence-corrected chi connectivity index (χ4v) is 4.22. The van der Waals surface area contributed by atoms with Gasteiger partial charge in [-0.25, -0.2) is 0 Å². The summed E-state index contributed by atoms with van der Waals surface area (Å²) in [6, 6.07) is 9.32. The van der Waals surface area contributed by atoms with Crippen molar-refractivity contribution in [2.45, 2.75) is 39.5 Å². The molecular weight excluding hydrogens is 406 g/mol. The van der Waals surface area contributed by atoms with Gasteiger partial charge in [-0.2, -0.15) is 0 Å². The van der Waals surface area contributed by atoms with Crippen LogP contribution in [0, 0.1) is 0 Å². The number of ether oxygens (including phenoxy) is 3. The molecule has 1 N–H and O–H groups in total. The minimum Gasteiger partial charge on any atom is -0.497 e. The van der Waals surface area contributed by atoms with E-state index in [9.17, 15) is 4.79 Å². The topological polar surface area (TPSA) is 69.9 Å². The molecule has 1 amide bonds. The van der Waals surface area contributed by atoms with Gasteiger partial charge in [-0.15, -0.1) is 0 Å².